The number of pyridine rings is 1. The molecule has 5 heteroatoms. The highest BCUT2D eigenvalue weighted by Gasteiger charge is 2.09. The maximum atomic E-state index is 5.94. The lowest BCUT2D eigenvalue weighted by Gasteiger charge is -2.08. The van der Waals surface area contributed by atoms with Gasteiger partial charge in [-0.25, -0.2) is 15.0 Å². The Morgan fingerprint density at radius 3 is 2.63 bits per heavy atom. The standard InChI is InChI=1S/C14H15N5/c1-7-3-4-9-5-10-13(16)17-11(6-15)18-14(10)19-12(9)8(7)2/h3-5H,6,15H2,1-2H3,(H2,16,17,18,19). The van der Waals surface area contributed by atoms with E-state index in [0.717, 1.165) is 21.9 Å². The van der Waals surface area contributed by atoms with Crippen LogP contribution in [-0.2, 0) is 6.54 Å². The van der Waals surface area contributed by atoms with Crippen LogP contribution >= 0.6 is 0 Å². The quantitative estimate of drug-likeness (QED) is 0.646. The van der Waals surface area contributed by atoms with Crippen molar-refractivity contribution in [2.75, 3.05) is 5.73 Å². The van der Waals surface area contributed by atoms with E-state index < -0.39 is 0 Å². The minimum atomic E-state index is 0.257. The van der Waals surface area contributed by atoms with Gasteiger partial charge in [-0.1, -0.05) is 12.1 Å². The number of anilines is 1. The van der Waals surface area contributed by atoms with Crippen molar-refractivity contribution in [2.24, 2.45) is 5.73 Å². The van der Waals surface area contributed by atoms with Crippen molar-refractivity contribution in [1.29, 1.82) is 0 Å². The Kier molecular flexibility index (Phi) is 2.57. The van der Waals surface area contributed by atoms with Gasteiger partial charge in [0.2, 0.25) is 0 Å². The van der Waals surface area contributed by atoms with Crippen molar-refractivity contribution in [1.82, 2.24) is 15.0 Å². The van der Waals surface area contributed by atoms with Gasteiger partial charge in [-0.15, -0.1) is 0 Å². The smallest absolute Gasteiger partial charge is 0.165 e. The Morgan fingerprint density at radius 1 is 1.11 bits per heavy atom. The van der Waals surface area contributed by atoms with Gasteiger partial charge in [0, 0.05) is 5.39 Å². The first-order chi connectivity index (χ1) is 9.10. The van der Waals surface area contributed by atoms with Gasteiger partial charge in [0.05, 0.1) is 17.4 Å². The monoisotopic (exact) mass is 253 g/mol. The molecule has 2 aromatic heterocycles. The van der Waals surface area contributed by atoms with Gasteiger partial charge < -0.3 is 11.5 Å². The van der Waals surface area contributed by atoms with Crippen LogP contribution in [0.1, 0.15) is 17.0 Å². The Balaban J connectivity index is 2.45. The van der Waals surface area contributed by atoms with Crippen LogP contribution in [-0.4, -0.2) is 15.0 Å². The largest absolute Gasteiger partial charge is 0.383 e. The predicted molar refractivity (Wildman–Crippen MR) is 76.6 cm³/mol. The molecule has 0 amide bonds. The molecule has 0 saturated carbocycles. The van der Waals surface area contributed by atoms with E-state index >= 15 is 0 Å². The number of fused-ring (bicyclic) bond motifs is 2. The predicted octanol–water partition coefficient (Wildman–Crippen LogP) is 1.84. The van der Waals surface area contributed by atoms with Gasteiger partial charge >= 0.3 is 0 Å². The maximum absolute atomic E-state index is 5.94. The Morgan fingerprint density at radius 2 is 1.89 bits per heavy atom. The highest BCUT2D eigenvalue weighted by atomic mass is 15.0. The molecule has 1 aromatic carbocycles. The zero-order valence-electron chi connectivity index (χ0n) is 10.9. The van der Waals surface area contributed by atoms with Crippen molar-refractivity contribution in [3.63, 3.8) is 0 Å². The molecule has 0 aliphatic rings. The zero-order chi connectivity index (χ0) is 13.6. The molecule has 4 N–H and O–H groups in total. The van der Waals surface area contributed by atoms with Crippen molar-refractivity contribution in [3.8, 4) is 0 Å². The summed E-state index contributed by atoms with van der Waals surface area (Å²) in [5, 5.41) is 1.82. The van der Waals surface area contributed by atoms with Crippen LogP contribution in [0.2, 0.25) is 0 Å². The molecule has 3 rings (SSSR count). The van der Waals surface area contributed by atoms with Gasteiger partial charge in [-0.05, 0) is 31.0 Å². The van der Waals surface area contributed by atoms with E-state index in [1.54, 1.807) is 0 Å². The van der Waals surface area contributed by atoms with E-state index in [-0.39, 0.29) is 6.54 Å². The van der Waals surface area contributed by atoms with E-state index in [1.807, 2.05) is 12.1 Å². The molecule has 2 heterocycles. The molecule has 19 heavy (non-hydrogen) atoms. The maximum Gasteiger partial charge on any atom is 0.165 e. The zero-order valence-corrected chi connectivity index (χ0v) is 10.9. The van der Waals surface area contributed by atoms with Crippen LogP contribution in [0.3, 0.4) is 0 Å². The second-order valence-corrected chi connectivity index (χ2v) is 4.67. The topological polar surface area (TPSA) is 90.7 Å². The molecule has 0 atom stereocenters. The number of aromatic nitrogens is 3. The average molecular weight is 253 g/mol. The van der Waals surface area contributed by atoms with Crippen LogP contribution in [0.25, 0.3) is 21.9 Å². The van der Waals surface area contributed by atoms with Crippen molar-refractivity contribution < 1.29 is 0 Å². The van der Waals surface area contributed by atoms with Crippen LogP contribution in [0.4, 0.5) is 5.82 Å². The first-order valence-electron chi connectivity index (χ1n) is 6.13. The summed E-state index contributed by atoms with van der Waals surface area (Å²) in [6, 6.07) is 6.11. The summed E-state index contributed by atoms with van der Waals surface area (Å²) in [4.78, 5) is 13.1. The molecule has 0 aliphatic heterocycles. The van der Waals surface area contributed by atoms with Crippen molar-refractivity contribution >= 4 is 27.8 Å². The minimum Gasteiger partial charge on any atom is -0.383 e. The second-order valence-electron chi connectivity index (χ2n) is 4.67. The molecule has 0 bridgehead atoms. The van der Waals surface area contributed by atoms with Gasteiger partial charge in [0.15, 0.2) is 5.65 Å². The molecule has 0 aliphatic carbocycles. The fraction of sp³-hybridized carbons (Fsp3) is 0.214. The van der Waals surface area contributed by atoms with E-state index in [9.17, 15) is 0 Å². The molecule has 0 saturated heterocycles. The first kappa shape index (κ1) is 11.8. The summed E-state index contributed by atoms with van der Waals surface area (Å²) in [5.41, 5.74) is 15.4. The molecule has 5 nitrogen and oxygen atoms in total. The first-order valence-corrected chi connectivity index (χ1v) is 6.13. The third kappa shape index (κ3) is 1.79. The Bertz CT molecular complexity index is 795. The number of nitrogens with two attached hydrogens (primary N) is 2. The number of hydrogen-bond acceptors (Lipinski definition) is 5. The lowest BCUT2D eigenvalue weighted by molar-refractivity contribution is 0.926. The van der Waals surface area contributed by atoms with Crippen molar-refractivity contribution in [2.45, 2.75) is 20.4 Å². The number of hydrogen-bond donors (Lipinski definition) is 2. The fourth-order valence-corrected chi connectivity index (χ4v) is 2.18. The van der Waals surface area contributed by atoms with E-state index in [4.69, 9.17) is 11.5 Å². The number of aryl methyl sites for hydroxylation is 2. The number of nitrogen functional groups attached to an aromatic ring is 1. The molecular formula is C14H15N5. The summed E-state index contributed by atoms with van der Waals surface area (Å²) < 4.78 is 0. The van der Waals surface area contributed by atoms with Crippen LogP contribution in [0.15, 0.2) is 18.2 Å². The molecule has 0 spiro atoms. The van der Waals surface area contributed by atoms with Crippen LogP contribution in [0, 0.1) is 13.8 Å². The number of benzene rings is 1. The summed E-state index contributed by atoms with van der Waals surface area (Å²) in [6.07, 6.45) is 0. The van der Waals surface area contributed by atoms with E-state index in [1.165, 1.54) is 5.56 Å². The fourth-order valence-electron chi connectivity index (χ4n) is 2.18. The third-order valence-electron chi connectivity index (χ3n) is 3.43. The highest BCUT2D eigenvalue weighted by Crippen LogP contribution is 2.25. The summed E-state index contributed by atoms with van der Waals surface area (Å²) in [7, 11) is 0. The van der Waals surface area contributed by atoms with E-state index in [2.05, 4.69) is 34.9 Å². The van der Waals surface area contributed by atoms with Crippen LogP contribution in [0.5, 0.6) is 0 Å². The van der Waals surface area contributed by atoms with Gasteiger partial charge in [-0.3, -0.25) is 0 Å². The lowest BCUT2D eigenvalue weighted by atomic mass is 10.0. The molecule has 0 radical (unpaired) electrons. The summed E-state index contributed by atoms with van der Waals surface area (Å²) in [5.74, 6) is 0.945. The van der Waals surface area contributed by atoms with Crippen LogP contribution < -0.4 is 11.5 Å². The molecule has 0 fully saturated rings. The normalized spacial score (nSPS) is 11.3. The Labute approximate surface area is 110 Å². The van der Waals surface area contributed by atoms with Crippen molar-refractivity contribution in [3.05, 3.63) is 35.2 Å². The molecule has 0 unspecified atom stereocenters. The third-order valence-corrected chi connectivity index (χ3v) is 3.43. The summed E-state index contributed by atoms with van der Waals surface area (Å²) >= 11 is 0. The SMILES string of the molecule is Cc1ccc2cc3c(N)nc(CN)nc3nc2c1C. The summed E-state index contributed by atoms with van der Waals surface area (Å²) in [6.45, 7) is 4.39. The van der Waals surface area contributed by atoms with Gasteiger partial charge in [0.1, 0.15) is 11.6 Å². The number of nitrogens with zero attached hydrogens (tertiary/aromatic N) is 3. The average Bonchev–Trinajstić information content (AvgIpc) is 2.42. The molecule has 3 aromatic rings. The lowest BCUT2D eigenvalue weighted by Crippen LogP contribution is -2.07. The van der Waals surface area contributed by atoms with Gasteiger partial charge in [0.25, 0.3) is 0 Å². The second kappa shape index (κ2) is 4.13. The number of rotatable bonds is 1. The van der Waals surface area contributed by atoms with E-state index in [0.29, 0.717) is 17.3 Å². The molecule has 96 valence electrons. The highest BCUT2D eigenvalue weighted by molar-refractivity contribution is 5.97. The minimum absolute atomic E-state index is 0.257. The van der Waals surface area contributed by atoms with Gasteiger partial charge in [-0.2, -0.15) is 0 Å². The Hall–Kier alpha value is -2.27. The molecular weight excluding hydrogens is 238 g/mol.